The van der Waals surface area contributed by atoms with Crippen LogP contribution in [0.1, 0.15) is 36.7 Å². The number of halogens is 1. The van der Waals surface area contributed by atoms with Gasteiger partial charge in [0, 0.05) is 16.6 Å². The van der Waals surface area contributed by atoms with Gasteiger partial charge in [-0.2, -0.15) is 0 Å². The lowest BCUT2D eigenvalue weighted by Crippen LogP contribution is -2.36. The van der Waals surface area contributed by atoms with Crippen molar-refractivity contribution in [1.82, 2.24) is 5.32 Å². The summed E-state index contributed by atoms with van der Waals surface area (Å²) in [5.74, 6) is -0.115. The molecule has 0 aliphatic carbocycles. The van der Waals surface area contributed by atoms with Crippen LogP contribution >= 0.6 is 11.6 Å². The molecule has 112 valence electrons. The molecule has 0 aliphatic rings. The Hall–Kier alpha value is -1.11. The fourth-order valence-electron chi connectivity index (χ4n) is 1.54. The van der Waals surface area contributed by atoms with Crippen LogP contribution < -0.4 is 10.5 Å². The molecule has 5 nitrogen and oxygen atoms in total. The molecular formula is C13H19ClN2O3S. The first-order chi connectivity index (χ1) is 9.04. The number of hydrogen-bond donors (Lipinski definition) is 2. The van der Waals surface area contributed by atoms with E-state index < -0.39 is 10.0 Å². The summed E-state index contributed by atoms with van der Waals surface area (Å²) in [5.41, 5.74) is 0.514. The molecule has 0 aliphatic heterocycles. The zero-order valence-corrected chi connectivity index (χ0v) is 13.5. The molecule has 3 N–H and O–H groups in total. The maximum Gasteiger partial charge on any atom is 0.251 e. The fraction of sp³-hybridized carbons (Fsp3) is 0.462. The topological polar surface area (TPSA) is 89.3 Å². The van der Waals surface area contributed by atoms with Crippen LogP contribution in [-0.4, -0.2) is 20.4 Å². The average Bonchev–Trinajstić information content (AvgIpc) is 2.30. The maximum absolute atomic E-state index is 12.1. The molecule has 1 amide bonds. The lowest BCUT2D eigenvalue weighted by atomic mass is 10.1. The molecule has 1 aromatic carbocycles. The van der Waals surface area contributed by atoms with Gasteiger partial charge in [-0.3, -0.25) is 4.79 Å². The number of carbonyl (C=O) groups is 1. The number of nitrogens with one attached hydrogen (secondary N) is 1. The summed E-state index contributed by atoms with van der Waals surface area (Å²) in [6, 6.07) is 2.65. The smallest absolute Gasteiger partial charge is 0.251 e. The highest BCUT2D eigenvalue weighted by atomic mass is 35.5. The minimum Gasteiger partial charge on any atom is -0.349 e. The van der Waals surface area contributed by atoms with Gasteiger partial charge in [0.05, 0.1) is 4.90 Å². The van der Waals surface area contributed by atoms with Gasteiger partial charge >= 0.3 is 0 Å². The van der Waals surface area contributed by atoms with Crippen LogP contribution in [0.25, 0.3) is 0 Å². The molecule has 0 heterocycles. The van der Waals surface area contributed by atoms with E-state index in [4.69, 9.17) is 16.7 Å². The van der Waals surface area contributed by atoms with Gasteiger partial charge in [0.15, 0.2) is 0 Å². The van der Waals surface area contributed by atoms with Crippen LogP contribution in [0.5, 0.6) is 0 Å². The van der Waals surface area contributed by atoms with E-state index in [9.17, 15) is 13.2 Å². The molecule has 7 heteroatoms. The Kier molecular flexibility index (Phi) is 5.18. The Balaban J connectivity index is 3.21. The van der Waals surface area contributed by atoms with Gasteiger partial charge in [0.25, 0.3) is 5.91 Å². The van der Waals surface area contributed by atoms with E-state index in [0.29, 0.717) is 5.56 Å². The number of amides is 1. The zero-order valence-electron chi connectivity index (χ0n) is 11.9. The second-order valence-electron chi connectivity index (χ2n) is 5.13. The Bertz CT molecular complexity index is 627. The van der Waals surface area contributed by atoms with Crippen LogP contribution in [0.15, 0.2) is 17.0 Å². The predicted molar refractivity (Wildman–Crippen MR) is 79.3 cm³/mol. The first-order valence-electron chi connectivity index (χ1n) is 6.18. The first kappa shape index (κ1) is 16.9. The number of sulfonamides is 1. The Morgan fingerprint density at radius 2 is 1.85 bits per heavy atom. The van der Waals surface area contributed by atoms with Gasteiger partial charge in [-0.05, 0) is 37.5 Å². The Labute approximate surface area is 124 Å². The maximum atomic E-state index is 12.1. The molecule has 1 unspecified atom stereocenters. The van der Waals surface area contributed by atoms with Crippen molar-refractivity contribution in [2.75, 3.05) is 0 Å². The summed E-state index contributed by atoms with van der Waals surface area (Å²) in [5, 5.41) is 8.11. The molecule has 0 aromatic heterocycles. The van der Waals surface area contributed by atoms with E-state index in [1.54, 1.807) is 6.92 Å². The highest BCUT2D eigenvalue weighted by molar-refractivity contribution is 7.89. The fourth-order valence-corrected chi connectivity index (χ4v) is 2.64. The first-order valence-corrected chi connectivity index (χ1v) is 8.10. The van der Waals surface area contributed by atoms with Crippen LogP contribution in [-0.2, 0) is 10.0 Å². The van der Waals surface area contributed by atoms with E-state index in [0.717, 1.165) is 0 Å². The van der Waals surface area contributed by atoms with Gasteiger partial charge in [0.2, 0.25) is 10.0 Å². The van der Waals surface area contributed by atoms with Gasteiger partial charge in [-0.25, -0.2) is 13.6 Å². The molecule has 0 saturated heterocycles. The van der Waals surface area contributed by atoms with E-state index >= 15 is 0 Å². The van der Waals surface area contributed by atoms with Crippen LogP contribution in [0.3, 0.4) is 0 Å². The number of carbonyl (C=O) groups excluding carboxylic acids is 1. The van der Waals surface area contributed by atoms with Gasteiger partial charge in [-0.15, -0.1) is 0 Å². The van der Waals surface area contributed by atoms with Gasteiger partial charge < -0.3 is 5.32 Å². The largest absolute Gasteiger partial charge is 0.349 e. The molecule has 20 heavy (non-hydrogen) atoms. The minimum atomic E-state index is -3.92. The van der Waals surface area contributed by atoms with Gasteiger partial charge in [0.1, 0.15) is 0 Å². The molecule has 0 radical (unpaired) electrons. The van der Waals surface area contributed by atoms with Crippen LogP contribution in [0, 0.1) is 12.8 Å². The van der Waals surface area contributed by atoms with Crippen LogP contribution in [0.4, 0.5) is 0 Å². The molecule has 0 saturated carbocycles. The number of hydrogen-bond acceptors (Lipinski definition) is 3. The van der Waals surface area contributed by atoms with Crippen molar-refractivity contribution < 1.29 is 13.2 Å². The minimum absolute atomic E-state index is 0.0412. The number of rotatable bonds is 4. The third-order valence-electron chi connectivity index (χ3n) is 3.22. The third kappa shape index (κ3) is 3.94. The number of benzene rings is 1. The summed E-state index contributed by atoms with van der Waals surface area (Å²) >= 11 is 5.97. The van der Waals surface area contributed by atoms with Crippen molar-refractivity contribution >= 4 is 27.5 Å². The Morgan fingerprint density at radius 1 is 1.30 bits per heavy atom. The van der Waals surface area contributed by atoms with Crippen molar-refractivity contribution in [3.8, 4) is 0 Å². The molecular weight excluding hydrogens is 300 g/mol. The molecule has 1 rings (SSSR count). The average molecular weight is 319 g/mol. The number of primary sulfonamides is 1. The summed E-state index contributed by atoms with van der Waals surface area (Å²) in [4.78, 5) is 12.0. The molecule has 1 atom stereocenters. The SMILES string of the molecule is Cc1c(Cl)cc(C(=O)NC(C)C(C)C)cc1S(N)(=O)=O. The van der Waals surface area contributed by atoms with E-state index in [2.05, 4.69) is 5.32 Å². The van der Waals surface area contributed by atoms with Crippen molar-refractivity contribution in [2.24, 2.45) is 11.1 Å². The van der Waals surface area contributed by atoms with Crippen LogP contribution in [0.2, 0.25) is 5.02 Å². The molecule has 0 spiro atoms. The quantitative estimate of drug-likeness (QED) is 0.890. The summed E-state index contributed by atoms with van der Waals surface area (Å²) < 4.78 is 23.0. The molecule has 1 aromatic rings. The second kappa shape index (κ2) is 6.11. The molecule has 0 bridgehead atoms. The predicted octanol–water partition coefficient (Wildman–Crippen LogP) is 2.07. The highest BCUT2D eigenvalue weighted by Crippen LogP contribution is 2.24. The number of nitrogens with two attached hydrogens (primary N) is 1. The summed E-state index contributed by atoms with van der Waals surface area (Å²) in [7, 11) is -3.92. The van der Waals surface area contributed by atoms with Crippen molar-refractivity contribution in [1.29, 1.82) is 0 Å². The highest BCUT2D eigenvalue weighted by Gasteiger charge is 2.19. The lowest BCUT2D eigenvalue weighted by molar-refractivity contribution is 0.0930. The Morgan fingerprint density at radius 3 is 2.30 bits per heavy atom. The standard InChI is InChI=1S/C13H19ClN2O3S/c1-7(2)9(4)16-13(17)10-5-11(14)8(3)12(6-10)20(15,18)19/h5-7,9H,1-4H3,(H,16,17)(H2,15,18,19). The zero-order chi connectivity index (χ0) is 15.7. The monoisotopic (exact) mass is 318 g/mol. The van der Waals surface area contributed by atoms with Gasteiger partial charge in [-0.1, -0.05) is 25.4 Å². The second-order valence-corrected chi connectivity index (χ2v) is 7.07. The lowest BCUT2D eigenvalue weighted by Gasteiger charge is -2.18. The van der Waals surface area contributed by atoms with E-state index in [1.165, 1.54) is 12.1 Å². The van der Waals surface area contributed by atoms with E-state index in [1.807, 2.05) is 20.8 Å². The normalized spacial score (nSPS) is 13.3. The van der Waals surface area contributed by atoms with Crippen molar-refractivity contribution in [2.45, 2.75) is 38.6 Å². The third-order valence-corrected chi connectivity index (χ3v) is 4.65. The summed E-state index contributed by atoms with van der Waals surface area (Å²) in [6.45, 7) is 7.37. The summed E-state index contributed by atoms with van der Waals surface area (Å²) in [6.07, 6.45) is 0. The van der Waals surface area contributed by atoms with E-state index in [-0.39, 0.29) is 33.3 Å². The van der Waals surface area contributed by atoms with Crippen molar-refractivity contribution in [3.05, 3.63) is 28.3 Å². The molecule has 0 fully saturated rings. The van der Waals surface area contributed by atoms with Crippen molar-refractivity contribution in [3.63, 3.8) is 0 Å².